The Morgan fingerprint density at radius 2 is 1.86 bits per heavy atom. The van der Waals surface area contributed by atoms with Crippen LogP contribution in [0.15, 0.2) is 28.7 Å². The van der Waals surface area contributed by atoms with Gasteiger partial charge in [0.25, 0.3) is 0 Å². The van der Waals surface area contributed by atoms with Crippen molar-refractivity contribution in [3.63, 3.8) is 0 Å². The Morgan fingerprint density at radius 3 is 2.43 bits per heavy atom. The van der Waals surface area contributed by atoms with Crippen LogP contribution < -0.4 is 15.8 Å². The lowest BCUT2D eigenvalue weighted by atomic mass is 10.3. The predicted octanol–water partition coefficient (Wildman–Crippen LogP) is 4.24. The zero-order valence-electron chi connectivity index (χ0n) is 11.5. The predicted molar refractivity (Wildman–Crippen MR) is 81.8 cm³/mol. The van der Waals surface area contributed by atoms with Crippen LogP contribution in [0.4, 0.5) is 26.0 Å². The van der Waals surface area contributed by atoms with Crippen LogP contribution in [0.2, 0.25) is 0 Å². The van der Waals surface area contributed by atoms with Gasteiger partial charge in [-0.3, -0.25) is 0 Å². The standard InChI is InChI=1S/C14H14BrF2N3O/c1-7(2)21-14-11(18)3-4-12(20-14)19-13-9(16)5-8(15)6-10(13)17/h3-7H,18H2,1-2H3,(H,19,20). The Balaban J connectivity index is 2.32. The number of pyridine rings is 1. The number of nitrogens with one attached hydrogen (secondary N) is 1. The second kappa shape index (κ2) is 6.26. The molecule has 0 amide bonds. The maximum absolute atomic E-state index is 13.8. The maximum atomic E-state index is 13.8. The Kier molecular flexibility index (Phi) is 4.62. The molecule has 2 rings (SSSR count). The van der Waals surface area contributed by atoms with E-state index in [0.717, 1.165) is 12.1 Å². The summed E-state index contributed by atoms with van der Waals surface area (Å²) in [6, 6.07) is 5.40. The topological polar surface area (TPSA) is 60.2 Å². The second-order valence-corrected chi connectivity index (χ2v) is 5.54. The highest BCUT2D eigenvalue weighted by atomic mass is 79.9. The van der Waals surface area contributed by atoms with Gasteiger partial charge in [-0.2, -0.15) is 4.98 Å². The Bertz CT molecular complexity index is 642. The summed E-state index contributed by atoms with van der Waals surface area (Å²) in [5.74, 6) is -1.01. The molecule has 21 heavy (non-hydrogen) atoms. The van der Waals surface area contributed by atoms with Crippen LogP contribution in [0.1, 0.15) is 13.8 Å². The number of hydrogen-bond donors (Lipinski definition) is 2. The van der Waals surface area contributed by atoms with Crippen LogP contribution in [0, 0.1) is 11.6 Å². The molecular formula is C14H14BrF2N3O. The molecule has 0 spiro atoms. The minimum atomic E-state index is -0.730. The molecule has 0 aliphatic heterocycles. The highest BCUT2D eigenvalue weighted by Gasteiger charge is 2.13. The molecule has 0 fully saturated rings. The number of aromatic nitrogens is 1. The van der Waals surface area contributed by atoms with Crippen LogP contribution in [-0.2, 0) is 0 Å². The Morgan fingerprint density at radius 1 is 1.24 bits per heavy atom. The second-order valence-electron chi connectivity index (χ2n) is 4.63. The molecule has 0 bridgehead atoms. The molecule has 0 saturated heterocycles. The molecule has 1 heterocycles. The molecule has 2 aromatic rings. The normalized spacial score (nSPS) is 10.8. The van der Waals surface area contributed by atoms with Crippen LogP contribution in [0.25, 0.3) is 0 Å². The number of hydrogen-bond acceptors (Lipinski definition) is 4. The molecule has 7 heteroatoms. The van der Waals surface area contributed by atoms with Crippen molar-refractivity contribution >= 4 is 33.1 Å². The highest BCUT2D eigenvalue weighted by Crippen LogP contribution is 2.28. The van der Waals surface area contributed by atoms with Crippen LogP contribution in [0.3, 0.4) is 0 Å². The molecule has 0 unspecified atom stereocenters. The van der Waals surface area contributed by atoms with Gasteiger partial charge in [-0.25, -0.2) is 8.78 Å². The summed E-state index contributed by atoms with van der Waals surface area (Å²) in [7, 11) is 0. The molecule has 1 aromatic carbocycles. The summed E-state index contributed by atoms with van der Waals surface area (Å²) in [4.78, 5) is 4.11. The van der Waals surface area contributed by atoms with Gasteiger partial charge in [-0.15, -0.1) is 0 Å². The first kappa shape index (κ1) is 15.5. The molecule has 0 saturated carbocycles. The fraction of sp³-hybridized carbons (Fsp3) is 0.214. The average molecular weight is 358 g/mol. The average Bonchev–Trinajstić information content (AvgIpc) is 2.37. The zero-order valence-corrected chi connectivity index (χ0v) is 13.0. The lowest BCUT2D eigenvalue weighted by Gasteiger charge is -2.13. The van der Waals surface area contributed by atoms with E-state index >= 15 is 0 Å². The molecule has 4 nitrogen and oxygen atoms in total. The van der Waals surface area contributed by atoms with E-state index in [4.69, 9.17) is 10.5 Å². The van der Waals surface area contributed by atoms with Gasteiger partial charge in [0.2, 0.25) is 5.88 Å². The van der Waals surface area contributed by atoms with E-state index in [9.17, 15) is 8.78 Å². The largest absolute Gasteiger partial charge is 0.473 e. The number of ether oxygens (including phenoxy) is 1. The third kappa shape index (κ3) is 3.81. The third-order valence-corrected chi connectivity index (χ3v) is 2.95. The fourth-order valence-electron chi connectivity index (χ4n) is 1.63. The van der Waals surface area contributed by atoms with Gasteiger partial charge in [0, 0.05) is 4.47 Å². The van der Waals surface area contributed by atoms with E-state index in [0.29, 0.717) is 10.2 Å². The molecule has 0 radical (unpaired) electrons. The van der Waals surface area contributed by atoms with Gasteiger partial charge in [-0.1, -0.05) is 15.9 Å². The van der Waals surface area contributed by atoms with Gasteiger partial charge in [-0.05, 0) is 38.1 Å². The fourth-order valence-corrected chi connectivity index (χ4v) is 2.03. The van der Waals surface area contributed by atoms with E-state index < -0.39 is 11.6 Å². The zero-order chi connectivity index (χ0) is 15.6. The van der Waals surface area contributed by atoms with Crippen LogP contribution >= 0.6 is 15.9 Å². The van der Waals surface area contributed by atoms with Crippen molar-refractivity contribution < 1.29 is 13.5 Å². The van der Waals surface area contributed by atoms with Crippen molar-refractivity contribution in [1.82, 2.24) is 4.98 Å². The van der Waals surface area contributed by atoms with Crippen molar-refractivity contribution in [2.45, 2.75) is 20.0 Å². The first-order valence-corrected chi connectivity index (χ1v) is 7.01. The van der Waals surface area contributed by atoms with Gasteiger partial charge in [0.05, 0.1) is 11.8 Å². The van der Waals surface area contributed by atoms with E-state index in [1.165, 1.54) is 6.07 Å². The van der Waals surface area contributed by atoms with Crippen molar-refractivity contribution in [2.24, 2.45) is 0 Å². The van der Waals surface area contributed by atoms with Crippen LogP contribution in [-0.4, -0.2) is 11.1 Å². The van der Waals surface area contributed by atoms with E-state index in [1.807, 2.05) is 13.8 Å². The summed E-state index contributed by atoms with van der Waals surface area (Å²) in [5.41, 5.74) is 5.81. The van der Waals surface area contributed by atoms with Gasteiger partial charge in [0.1, 0.15) is 11.5 Å². The number of nitrogen functional groups attached to an aromatic ring is 1. The van der Waals surface area contributed by atoms with Crippen molar-refractivity contribution in [2.75, 3.05) is 11.1 Å². The number of anilines is 3. The molecule has 0 aliphatic rings. The molecule has 0 atom stereocenters. The summed E-state index contributed by atoms with van der Waals surface area (Å²) in [6.07, 6.45) is -0.115. The third-order valence-electron chi connectivity index (χ3n) is 2.50. The summed E-state index contributed by atoms with van der Waals surface area (Å²) < 4.78 is 33.3. The Hall–Kier alpha value is -1.89. The van der Waals surface area contributed by atoms with Crippen LogP contribution in [0.5, 0.6) is 5.88 Å². The summed E-state index contributed by atoms with van der Waals surface area (Å²) >= 11 is 3.02. The molecule has 3 N–H and O–H groups in total. The van der Waals surface area contributed by atoms with Gasteiger partial charge < -0.3 is 15.8 Å². The van der Waals surface area contributed by atoms with Gasteiger partial charge >= 0.3 is 0 Å². The number of rotatable bonds is 4. The monoisotopic (exact) mass is 357 g/mol. The highest BCUT2D eigenvalue weighted by molar-refractivity contribution is 9.10. The van der Waals surface area contributed by atoms with E-state index in [-0.39, 0.29) is 23.5 Å². The van der Waals surface area contributed by atoms with Crippen molar-refractivity contribution in [3.05, 3.63) is 40.4 Å². The molecular weight excluding hydrogens is 344 g/mol. The number of nitrogens with zero attached hydrogens (tertiary/aromatic N) is 1. The lowest BCUT2D eigenvalue weighted by Crippen LogP contribution is -2.10. The molecule has 112 valence electrons. The number of benzene rings is 1. The lowest BCUT2D eigenvalue weighted by molar-refractivity contribution is 0.234. The van der Waals surface area contributed by atoms with Crippen molar-refractivity contribution in [3.8, 4) is 5.88 Å². The first-order valence-electron chi connectivity index (χ1n) is 6.21. The SMILES string of the molecule is CC(C)Oc1nc(Nc2c(F)cc(Br)cc2F)ccc1N. The number of halogens is 3. The smallest absolute Gasteiger partial charge is 0.239 e. The first-order chi connectivity index (χ1) is 9.86. The van der Waals surface area contributed by atoms with Crippen molar-refractivity contribution in [1.29, 1.82) is 0 Å². The maximum Gasteiger partial charge on any atom is 0.239 e. The minimum Gasteiger partial charge on any atom is -0.473 e. The van der Waals surface area contributed by atoms with E-state index in [1.54, 1.807) is 6.07 Å². The molecule has 1 aromatic heterocycles. The van der Waals surface area contributed by atoms with E-state index in [2.05, 4.69) is 26.2 Å². The number of nitrogens with two attached hydrogens (primary N) is 1. The minimum absolute atomic E-state index is 0.115. The van der Waals surface area contributed by atoms with Gasteiger partial charge in [0.15, 0.2) is 11.6 Å². The summed E-state index contributed by atoms with van der Waals surface area (Å²) in [6.45, 7) is 3.66. The quantitative estimate of drug-likeness (QED) is 0.859. The Labute approximate surface area is 129 Å². The summed E-state index contributed by atoms with van der Waals surface area (Å²) in [5, 5.41) is 2.59. The molecule has 0 aliphatic carbocycles.